The van der Waals surface area contributed by atoms with Crippen LogP contribution in [0.15, 0.2) is 18.2 Å². The number of halogens is 1. The second kappa shape index (κ2) is 6.49. The number of H-pyrrole nitrogens is 1. The van der Waals surface area contributed by atoms with Gasteiger partial charge >= 0.3 is 0 Å². The largest absolute Gasteiger partial charge is 0.477 e. The van der Waals surface area contributed by atoms with Crippen LogP contribution in [0.2, 0.25) is 0 Å². The molecule has 0 radical (unpaired) electrons. The number of amides is 1. The Kier molecular flexibility index (Phi) is 4.42. The first-order valence-corrected chi connectivity index (χ1v) is 7.86. The summed E-state index contributed by atoms with van der Waals surface area (Å²) in [5, 5.41) is 9.65. The van der Waals surface area contributed by atoms with Crippen molar-refractivity contribution in [3.05, 3.63) is 40.2 Å². The van der Waals surface area contributed by atoms with E-state index in [1.807, 2.05) is 11.5 Å². The molecule has 0 fully saturated rings. The van der Waals surface area contributed by atoms with E-state index in [4.69, 9.17) is 17.0 Å². The van der Waals surface area contributed by atoms with Gasteiger partial charge in [0.2, 0.25) is 0 Å². The van der Waals surface area contributed by atoms with Gasteiger partial charge in [-0.2, -0.15) is 5.10 Å². The number of hydrogen-bond acceptors (Lipinski definition) is 4. The highest BCUT2D eigenvalue weighted by Crippen LogP contribution is 2.31. The molecular formula is C15H17FN4O2S. The molecule has 2 N–H and O–H groups in total. The van der Waals surface area contributed by atoms with Crippen LogP contribution in [-0.4, -0.2) is 33.3 Å². The lowest BCUT2D eigenvalue weighted by Gasteiger charge is -2.12. The molecule has 1 aliphatic heterocycles. The van der Waals surface area contributed by atoms with E-state index in [0.717, 1.165) is 17.8 Å². The number of ether oxygens (including phenoxy) is 1. The van der Waals surface area contributed by atoms with Crippen LogP contribution >= 0.6 is 12.2 Å². The van der Waals surface area contributed by atoms with E-state index in [1.165, 1.54) is 6.07 Å². The predicted molar refractivity (Wildman–Crippen MR) is 84.3 cm³/mol. The van der Waals surface area contributed by atoms with Crippen LogP contribution in [-0.2, 0) is 24.2 Å². The number of aryl methyl sites for hydroxylation is 1. The topological polar surface area (TPSA) is 71.9 Å². The number of para-hydroxylation sites is 1. The Morgan fingerprint density at radius 2 is 2.43 bits per heavy atom. The van der Waals surface area contributed by atoms with E-state index in [2.05, 4.69) is 15.5 Å². The summed E-state index contributed by atoms with van der Waals surface area (Å²) in [5.74, 6) is 0.331. The van der Waals surface area contributed by atoms with Gasteiger partial charge in [0.25, 0.3) is 5.91 Å². The van der Waals surface area contributed by atoms with Crippen molar-refractivity contribution >= 4 is 18.1 Å². The summed E-state index contributed by atoms with van der Waals surface area (Å²) in [6.45, 7) is 2.91. The van der Waals surface area contributed by atoms with E-state index in [1.54, 1.807) is 12.1 Å². The van der Waals surface area contributed by atoms with Gasteiger partial charge in [-0.15, -0.1) is 0 Å². The van der Waals surface area contributed by atoms with Crippen molar-refractivity contribution in [1.82, 2.24) is 20.1 Å². The van der Waals surface area contributed by atoms with Gasteiger partial charge in [0.05, 0.1) is 0 Å². The van der Waals surface area contributed by atoms with Crippen molar-refractivity contribution in [1.29, 1.82) is 0 Å². The molecule has 1 atom stereocenters. The number of benzene rings is 1. The fourth-order valence-electron chi connectivity index (χ4n) is 2.63. The van der Waals surface area contributed by atoms with Crippen LogP contribution < -0.4 is 10.1 Å². The molecule has 0 saturated carbocycles. The van der Waals surface area contributed by atoms with Crippen LogP contribution in [0.5, 0.6) is 5.75 Å². The molecule has 2 aromatic rings. The summed E-state index contributed by atoms with van der Waals surface area (Å²) >= 11 is 5.15. The third-order valence-electron chi connectivity index (χ3n) is 3.79. The van der Waals surface area contributed by atoms with Gasteiger partial charge in [-0.3, -0.25) is 9.89 Å². The molecule has 0 aliphatic carbocycles. The molecule has 1 aromatic heterocycles. The van der Waals surface area contributed by atoms with Gasteiger partial charge < -0.3 is 14.6 Å². The normalized spacial score (nSPS) is 16.0. The number of nitrogens with one attached hydrogen (secondary N) is 2. The highest BCUT2D eigenvalue weighted by Gasteiger charge is 2.30. The maximum atomic E-state index is 13.6. The van der Waals surface area contributed by atoms with Crippen LogP contribution in [0.4, 0.5) is 4.39 Å². The van der Waals surface area contributed by atoms with Gasteiger partial charge in [-0.05, 0) is 18.3 Å². The van der Waals surface area contributed by atoms with Crippen LogP contribution in [0.3, 0.4) is 0 Å². The fourth-order valence-corrected chi connectivity index (χ4v) is 2.87. The summed E-state index contributed by atoms with van der Waals surface area (Å²) in [4.78, 5) is 12.2. The highest BCUT2D eigenvalue weighted by molar-refractivity contribution is 7.71. The second-order valence-electron chi connectivity index (χ2n) is 5.28. The first-order valence-electron chi connectivity index (χ1n) is 7.46. The van der Waals surface area contributed by atoms with Crippen molar-refractivity contribution in [2.75, 3.05) is 6.54 Å². The number of fused-ring (bicyclic) bond motifs is 1. The van der Waals surface area contributed by atoms with Crippen molar-refractivity contribution in [2.45, 2.75) is 32.4 Å². The molecule has 23 heavy (non-hydrogen) atoms. The van der Waals surface area contributed by atoms with Gasteiger partial charge in [-0.1, -0.05) is 19.1 Å². The Labute approximate surface area is 137 Å². The molecule has 8 heteroatoms. The molecule has 1 amide bonds. The monoisotopic (exact) mass is 336 g/mol. The van der Waals surface area contributed by atoms with Gasteiger partial charge in [-0.25, -0.2) is 4.39 Å². The maximum Gasteiger partial charge on any atom is 0.261 e. The fraction of sp³-hybridized carbons (Fsp3) is 0.400. The number of nitrogens with zero attached hydrogens (tertiary/aromatic N) is 2. The number of aromatic nitrogens is 3. The number of rotatable bonds is 5. The molecule has 122 valence electrons. The molecule has 2 heterocycles. The summed E-state index contributed by atoms with van der Waals surface area (Å²) in [6, 6.07) is 4.71. The van der Waals surface area contributed by atoms with E-state index in [0.29, 0.717) is 24.3 Å². The minimum Gasteiger partial charge on any atom is -0.477 e. The Morgan fingerprint density at radius 3 is 3.17 bits per heavy atom. The zero-order valence-corrected chi connectivity index (χ0v) is 13.5. The predicted octanol–water partition coefficient (Wildman–Crippen LogP) is 1.76. The third kappa shape index (κ3) is 3.12. The maximum absolute atomic E-state index is 13.6. The highest BCUT2D eigenvalue weighted by atomic mass is 32.1. The number of aromatic amines is 1. The number of carbonyl (C=O) groups excluding carboxylic acids is 1. The molecule has 0 bridgehead atoms. The minimum atomic E-state index is -0.690. The lowest BCUT2D eigenvalue weighted by molar-refractivity contribution is -0.127. The average molecular weight is 336 g/mol. The van der Waals surface area contributed by atoms with Gasteiger partial charge in [0.1, 0.15) is 5.82 Å². The Balaban J connectivity index is 1.56. The number of hydrogen-bond donors (Lipinski definition) is 2. The van der Waals surface area contributed by atoms with Gasteiger partial charge in [0.15, 0.2) is 22.4 Å². The summed E-state index contributed by atoms with van der Waals surface area (Å²) in [5.41, 5.74) is 0.718. The standard InChI is InChI=1S/C15H17FN4O2S/c1-2-12-18-19-15(23)20(12)7-6-17-14(21)11-8-9-4-3-5-10(16)13(9)22-11/h3-5,11H,2,6-8H2,1H3,(H,17,21)(H,19,23)/t11-/m1/s1. The third-order valence-corrected chi connectivity index (χ3v) is 4.11. The van der Waals surface area contributed by atoms with Crippen molar-refractivity contribution in [2.24, 2.45) is 0 Å². The Hall–Kier alpha value is -2.22. The molecule has 1 aromatic carbocycles. The van der Waals surface area contributed by atoms with Crippen molar-refractivity contribution in [3.8, 4) is 5.75 Å². The first-order chi connectivity index (χ1) is 11.1. The van der Waals surface area contributed by atoms with Crippen molar-refractivity contribution in [3.63, 3.8) is 0 Å². The molecular weight excluding hydrogens is 319 g/mol. The lowest BCUT2D eigenvalue weighted by Crippen LogP contribution is -2.39. The van der Waals surface area contributed by atoms with Crippen LogP contribution in [0, 0.1) is 10.6 Å². The molecule has 6 nitrogen and oxygen atoms in total. The van der Waals surface area contributed by atoms with E-state index in [9.17, 15) is 9.18 Å². The summed E-state index contributed by atoms with van der Waals surface area (Å²) in [7, 11) is 0. The van der Waals surface area contributed by atoms with E-state index in [-0.39, 0.29) is 11.7 Å². The minimum absolute atomic E-state index is 0.179. The second-order valence-corrected chi connectivity index (χ2v) is 5.67. The zero-order chi connectivity index (χ0) is 16.4. The number of carbonyl (C=O) groups is 1. The molecule has 1 aliphatic rings. The molecule has 0 unspecified atom stereocenters. The molecule has 0 spiro atoms. The Morgan fingerprint density at radius 1 is 1.61 bits per heavy atom. The summed E-state index contributed by atoms with van der Waals surface area (Å²) < 4.78 is 21.4. The van der Waals surface area contributed by atoms with E-state index >= 15 is 0 Å². The SMILES string of the molecule is CCc1n[nH]c(=S)n1CCNC(=O)[C@H]1Cc2cccc(F)c2O1. The Bertz CT molecular complexity index is 786. The zero-order valence-electron chi connectivity index (χ0n) is 12.6. The van der Waals surface area contributed by atoms with Crippen molar-refractivity contribution < 1.29 is 13.9 Å². The van der Waals surface area contributed by atoms with E-state index < -0.39 is 11.9 Å². The van der Waals surface area contributed by atoms with Gasteiger partial charge in [0, 0.05) is 31.5 Å². The summed E-state index contributed by atoms with van der Waals surface area (Å²) in [6.07, 6.45) is 0.441. The van der Waals surface area contributed by atoms with Crippen LogP contribution in [0.25, 0.3) is 0 Å². The average Bonchev–Trinajstić information content (AvgIpc) is 3.12. The first kappa shape index (κ1) is 15.7. The lowest BCUT2D eigenvalue weighted by atomic mass is 10.1. The van der Waals surface area contributed by atoms with Crippen LogP contribution in [0.1, 0.15) is 18.3 Å². The molecule has 0 saturated heterocycles. The smallest absolute Gasteiger partial charge is 0.261 e. The molecule has 3 rings (SSSR count). The quantitative estimate of drug-likeness (QED) is 0.816.